The summed E-state index contributed by atoms with van der Waals surface area (Å²) in [7, 11) is 0. The van der Waals surface area contributed by atoms with Crippen molar-refractivity contribution in [2.75, 3.05) is 19.7 Å². The number of carbonyl (C=O) groups excluding carboxylic acids is 2. The van der Waals surface area contributed by atoms with E-state index < -0.39 is 0 Å². The second kappa shape index (κ2) is 7.64. The first-order valence-corrected chi connectivity index (χ1v) is 7.60. The molecule has 0 aliphatic carbocycles. The van der Waals surface area contributed by atoms with Crippen LogP contribution in [0.15, 0.2) is 30.3 Å². The van der Waals surface area contributed by atoms with Gasteiger partial charge in [-0.1, -0.05) is 18.2 Å². The molecule has 5 nitrogen and oxygen atoms in total. The number of rotatable bonds is 5. The summed E-state index contributed by atoms with van der Waals surface area (Å²) < 4.78 is 5.53. The molecule has 0 spiro atoms. The highest BCUT2D eigenvalue weighted by molar-refractivity contribution is 5.92. The number of piperidine rings is 1. The number of hydrogen-bond acceptors (Lipinski definition) is 3. The fourth-order valence-corrected chi connectivity index (χ4v) is 2.56. The Labute approximate surface area is 130 Å². The highest BCUT2D eigenvalue weighted by atomic mass is 16.5. The Balaban J connectivity index is 1.96. The van der Waals surface area contributed by atoms with Crippen LogP contribution in [0.5, 0.6) is 5.75 Å². The van der Waals surface area contributed by atoms with E-state index in [1.807, 2.05) is 31.2 Å². The van der Waals surface area contributed by atoms with Crippen molar-refractivity contribution in [1.29, 1.82) is 0 Å². The molecule has 1 aromatic carbocycles. The normalized spacial score (nSPS) is 16.0. The van der Waals surface area contributed by atoms with Gasteiger partial charge < -0.3 is 15.4 Å². The first-order valence-electron chi connectivity index (χ1n) is 7.60. The molecular formula is C17H22N2O3. The molecule has 5 heteroatoms. The molecule has 2 rings (SSSR count). The Morgan fingerprint density at radius 3 is 2.64 bits per heavy atom. The van der Waals surface area contributed by atoms with E-state index in [-0.39, 0.29) is 17.7 Å². The minimum Gasteiger partial charge on any atom is -0.493 e. The fraction of sp³-hybridized carbons (Fsp3) is 0.412. The minimum absolute atomic E-state index is 0.0470. The predicted octanol–water partition coefficient (Wildman–Crippen LogP) is 1.82. The lowest BCUT2D eigenvalue weighted by atomic mass is 9.96. The number of primary amides is 1. The lowest BCUT2D eigenvalue weighted by molar-refractivity contribution is -0.130. The largest absolute Gasteiger partial charge is 0.493 e. The van der Waals surface area contributed by atoms with Crippen molar-refractivity contribution in [1.82, 2.24) is 4.90 Å². The number of likely N-dealkylation sites (tertiary alicyclic amines) is 1. The molecule has 0 bridgehead atoms. The number of para-hydroxylation sites is 1. The molecule has 0 aromatic heterocycles. The summed E-state index contributed by atoms with van der Waals surface area (Å²) in [5.41, 5.74) is 6.18. The third-order valence-corrected chi connectivity index (χ3v) is 3.83. The molecule has 1 aromatic rings. The maximum absolute atomic E-state index is 12.2. The standard InChI is InChI=1S/C17H22N2O3/c1-2-22-15-6-4-3-5-13(15)7-8-16(20)19-11-9-14(10-12-19)17(18)21/h3-8,14H,2,9-12H2,1H3,(H2,18,21). The van der Waals surface area contributed by atoms with Gasteiger partial charge in [0.25, 0.3) is 0 Å². The zero-order valence-electron chi connectivity index (χ0n) is 12.8. The predicted molar refractivity (Wildman–Crippen MR) is 85.1 cm³/mol. The highest BCUT2D eigenvalue weighted by Gasteiger charge is 2.24. The summed E-state index contributed by atoms with van der Waals surface area (Å²) in [6.07, 6.45) is 4.62. The summed E-state index contributed by atoms with van der Waals surface area (Å²) in [4.78, 5) is 25.1. The highest BCUT2D eigenvalue weighted by Crippen LogP contribution is 2.20. The van der Waals surface area contributed by atoms with Crippen molar-refractivity contribution >= 4 is 17.9 Å². The molecule has 0 radical (unpaired) electrons. The molecule has 0 unspecified atom stereocenters. The van der Waals surface area contributed by atoms with Crippen molar-refractivity contribution in [3.8, 4) is 5.75 Å². The van der Waals surface area contributed by atoms with Crippen LogP contribution in [0.2, 0.25) is 0 Å². The Kier molecular flexibility index (Phi) is 5.58. The van der Waals surface area contributed by atoms with Crippen LogP contribution < -0.4 is 10.5 Å². The van der Waals surface area contributed by atoms with Crippen LogP contribution in [0.25, 0.3) is 6.08 Å². The number of hydrogen-bond donors (Lipinski definition) is 1. The molecule has 2 amide bonds. The van der Waals surface area contributed by atoms with Gasteiger partial charge in [0.15, 0.2) is 0 Å². The molecule has 2 N–H and O–H groups in total. The van der Waals surface area contributed by atoms with Crippen molar-refractivity contribution in [3.05, 3.63) is 35.9 Å². The van der Waals surface area contributed by atoms with Crippen LogP contribution in [0.4, 0.5) is 0 Å². The van der Waals surface area contributed by atoms with E-state index in [0.29, 0.717) is 32.5 Å². The van der Waals surface area contributed by atoms with Crippen molar-refractivity contribution in [3.63, 3.8) is 0 Å². The van der Waals surface area contributed by atoms with E-state index in [1.165, 1.54) is 0 Å². The van der Waals surface area contributed by atoms with E-state index in [4.69, 9.17) is 10.5 Å². The zero-order chi connectivity index (χ0) is 15.9. The molecule has 1 heterocycles. The first kappa shape index (κ1) is 16.1. The van der Waals surface area contributed by atoms with E-state index >= 15 is 0 Å². The quantitative estimate of drug-likeness (QED) is 0.843. The molecule has 1 saturated heterocycles. The third kappa shape index (κ3) is 4.10. The van der Waals surface area contributed by atoms with Crippen molar-refractivity contribution < 1.29 is 14.3 Å². The molecule has 22 heavy (non-hydrogen) atoms. The Morgan fingerprint density at radius 1 is 1.32 bits per heavy atom. The van der Waals surface area contributed by atoms with Gasteiger partial charge >= 0.3 is 0 Å². The van der Waals surface area contributed by atoms with E-state index in [0.717, 1.165) is 11.3 Å². The monoisotopic (exact) mass is 302 g/mol. The van der Waals surface area contributed by atoms with Gasteiger partial charge in [-0.3, -0.25) is 9.59 Å². The summed E-state index contributed by atoms with van der Waals surface area (Å²) in [5.74, 6) is 0.343. The van der Waals surface area contributed by atoms with Crippen LogP contribution in [0.3, 0.4) is 0 Å². The SMILES string of the molecule is CCOc1ccccc1C=CC(=O)N1CCC(C(N)=O)CC1. The van der Waals surface area contributed by atoms with E-state index in [9.17, 15) is 9.59 Å². The van der Waals surface area contributed by atoms with E-state index in [2.05, 4.69) is 0 Å². The number of ether oxygens (including phenoxy) is 1. The summed E-state index contributed by atoms with van der Waals surface area (Å²) >= 11 is 0. The van der Waals surface area contributed by atoms with Gasteiger partial charge in [0.2, 0.25) is 11.8 Å². The summed E-state index contributed by atoms with van der Waals surface area (Å²) in [6.45, 7) is 3.65. The zero-order valence-corrected chi connectivity index (χ0v) is 12.8. The lowest BCUT2D eigenvalue weighted by Crippen LogP contribution is -2.41. The Hall–Kier alpha value is -2.30. The lowest BCUT2D eigenvalue weighted by Gasteiger charge is -2.29. The van der Waals surface area contributed by atoms with Crippen LogP contribution in [0, 0.1) is 5.92 Å². The molecule has 1 aliphatic rings. The summed E-state index contributed by atoms with van der Waals surface area (Å²) in [5, 5.41) is 0. The average Bonchev–Trinajstić information content (AvgIpc) is 2.54. The Morgan fingerprint density at radius 2 is 2.00 bits per heavy atom. The van der Waals surface area contributed by atoms with Crippen LogP contribution in [0.1, 0.15) is 25.3 Å². The maximum Gasteiger partial charge on any atom is 0.246 e. The van der Waals surface area contributed by atoms with Gasteiger partial charge in [-0.2, -0.15) is 0 Å². The van der Waals surface area contributed by atoms with Gasteiger partial charge in [0, 0.05) is 30.6 Å². The number of amides is 2. The average molecular weight is 302 g/mol. The smallest absolute Gasteiger partial charge is 0.246 e. The molecule has 0 saturated carbocycles. The maximum atomic E-state index is 12.2. The van der Waals surface area contributed by atoms with Crippen LogP contribution in [-0.4, -0.2) is 36.4 Å². The minimum atomic E-state index is -0.270. The molecule has 118 valence electrons. The first-order chi connectivity index (χ1) is 10.6. The number of benzene rings is 1. The molecular weight excluding hydrogens is 280 g/mol. The van der Waals surface area contributed by atoms with Crippen LogP contribution in [-0.2, 0) is 9.59 Å². The summed E-state index contributed by atoms with van der Waals surface area (Å²) in [6, 6.07) is 7.60. The second-order valence-corrected chi connectivity index (χ2v) is 5.31. The molecule has 1 fully saturated rings. The second-order valence-electron chi connectivity index (χ2n) is 5.31. The van der Waals surface area contributed by atoms with Crippen LogP contribution >= 0.6 is 0 Å². The van der Waals surface area contributed by atoms with Gasteiger partial charge in [-0.05, 0) is 31.9 Å². The van der Waals surface area contributed by atoms with Crippen molar-refractivity contribution in [2.45, 2.75) is 19.8 Å². The van der Waals surface area contributed by atoms with Crippen molar-refractivity contribution in [2.24, 2.45) is 11.7 Å². The number of nitrogens with zero attached hydrogens (tertiary/aromatic N) is 1. The number of nitrogens with two attached hydrogens (primary N) is 1. The molecule has 0 atom stereocenters. The molecule has 1 aliphatic heterocycles. The third-order valence-electron chi connectivity index (χ3n) is 3.83. The Bertz CT molecular complexity index is 561. The number of carbonyl (C=O) groups is 2. The van der Waals surface area contributed by atoms with Gasteiger partial charge in [-0.25, -0.2) is 0 Å². The van der Waals surface area contributed by atoms with Gasteiger partial charge in [0.05, 0.1) is 6.61 Å². The topological polar surface area (TPSA) is 72.6 Å². The van der Waals surface area contributed by atoms with Gasteiger partial charge in [0.1, 0.15) is 5.75 Å². The van der Waals surface area contributed by atoms with E-state index in [1.54, 1.807) is 17.1 Å². The van der Waals surface area contributed by atoms with Gasteiger partial charge in [-0.15, -0.1) is 0 Å². The fourth-order valence-electron chi connectivity index (χ4n) is 2.56.